The predicted molar refractivity (Wildman–Crippen MR) is 71.9 cm³/mol. The first-order chi connectivity index (χ1) is 8.90. The van der Waals surface area contributed by atoms with Gasteiger partial charge in [-0.2, -0.15) is 0 Å². The second kappa shape index (κ2) is 5.56. The summed E-state index contributed by atoms with van der Waals surface area (Å²) in [6.45, 7) is 5.17. The van der Waals surface area contributed by atoms with E-state index in [2.05, 4.69) is 10.0 Å². The minimum Gasteiger partial charge on any atom is -0.315 e. The van der Waals surface area contributed by atoms with Crippen LogP contribution in [0.1, 0.15) is 18.9 Å². The Hall–Kier alpha value is -0.980. The van der Waals surface area contributed by atoms with E-state index < -0.39 is 15.8 Å². The van der Waals surface area contributed by atoms with Crippen LogP contribution in [0.5, 0.6) is 0 Å². The number of halogens is 1. The number of aryl methyl sites for hydroxylation is 1. The molecule has 0 aliphatic carbocycles. The van der Waals surface area contributed by atoms with E-state index in [1.807, 2.05) is 6.92 Å². The molecule has 0 radical (unpaired) electrons. The molecule has 6 heteroatoms. The summed E-state index contributed by atoms with van der Waals surface area (Å²) in [5, 5.41) is 3.18. The number of nitrogens with one attached hydrogen (secondary N) is 2. The number of piperidine rings is 1. The van der Waals surface area contributed by atoms with Crippen molar-refractivity contribution in [1.29, 1.82) is 0 Å². The Morgan fingerprint density at radius 3 is 2.79 bits per heavy atom. The fraction of sp³-hybridized carbons (Fsp3) is 0.538. The molecule has 0 unspecified atom stereocenters. The van der Waals surface area contributed by atoms with Crippen molar-refractivity contribution in [2.24, 2.45) is 5.92 Å². The van der Waals surface area contributed by atoms with Crippen LogP contribution in [-0.4, -0.2) is 27.5 Å². The average molecular weight is 286 g/mol. The first-order valence-corrected chi connectivity index (χ1v) is 7.87. The van der Waals surface area contributed by atoms with E-state index in [0.29, 0.717) is 12.1 Å². The zero-order valence-corrected chi connectivity index (χ0v) is 11.9. The SMILES string of the molecule is Cc1cc(F)ccc1S(=O)(=O)N[C@@H]1CNCC[C@H]1C. The Morgan fingerprint density at radius 2 is 2.16 bits per heavy atom. The van der Waals surface area contributed by atoms with E-state index in [0.717, 1.165) is 13.0 Å². The number of sulfonamides is 1. The first kappa shape index (κ1) is 14.4. The second-order valence-corrected chi connectivity index (χ2v) is 6.79. The second-order valence-electron chi connectivity index (χ2n) is 5.11. The molecule has 0 amide bonds. The van der Waals surface area contributed by atoms with Crippen LogP contribution in [0.15, 0.2) is 23.1 Å². The molecule has 0 spiro atoms. The van der Waals surface area contributed by atoms with Gasteiger partial charge in [-0.1, -0.05) is 6.92 Å². The highest BCUT2D eigenvalue weighted by atomic mass is 32.2. The lowest BCUT2D eigenvalue weighted by Gasteiger charge is -2.30. The highest BCUT2D eigenvalue weighted by Crippen LogP contribution is 2.19. The molecule has 4 nitrogen and oxygen atoms in total. The number of rotatable bonds is 3. The maximum absolute atomic E-state index is 13.0. The summed E-state index contributed by atoms with van der Waals surface area (Å²) in [5.41, 5.74) is 0.420. The zero-order valence-electron chi connectivity index (χ0n) is 11.1. The zero-order chi connectivity index (χ0) is 14.0. The molecule has 0 aromatic heterocycles. The minimum absolute atomic E-state index is 0.122. The standard InChI is InChI=1S/C13H19FN2O2S/c1-9-5-6-15-8-12(9)16-19(17,18)13-4-3-11(14)7-10(13)2/h3-4,7,9,12,15-16H,5-6,8H2,1-2H3/t9-,12-/m1/s1. The van der Waals surface area contributed by atoms with Crippen molar-refractivity contribution in [2.75, 3.05) is 13.1 Å². The molecule has 19 heavy (non-hydrogen) atoms. The number of hydrogen-bond acceptors (Lipinski definition) is 3. The largest absolute Gasteiger partial charge is 0.315 e. The molecule has 2 N–H and O–H groups in total. The van der Waals surface area contributed by atoms with Gasteiger partial charge in [-0.05, 0) is 49.6 Å². The highest BCUT2D eigenvalue weighted by Gasteiger charge is 2.27. The summed E-state index contributed by atoms with van der Waals surface area (Å²) >= 11 is 0. The molecule has 1 aromatic rings. The molecule has 1 aliphatic heterocycles. The predicted octanol–water partition coefficient (Wildman–Crippen LogP) is 1.41. The lowest BCUT2D eigenvalue weighted by atomic mass is 9.96. The molecule has 2 rings (SSSR count). The molecule has 0 saturated carbocycles. The van der Waals surface area contributed by atoms with Crippen LogP contribution in [0.3, 0.4) is 0 Å². The number of hydrogen-bond donors (Lipinski definition) is 2. The van der Waals surface area contributed by atoms with Crippen molar-refractivity contribution in [3.8, 4) is 0 Å². The van der Waals surface area contributed by atoms with Crippen LogP contribution >= 0.6 is 0 Å². The fourth-order valence-corrected chi connectivity index (χ4v) is 3.90. The van der Waals surface area contributed by atoms with Gasteiger partial charge in [0.15, 0.2) is 0 Å². The summed E-state index contributed by atoms with van der Waals surface area (Å²) in [4.78, 5) is 0.145. The van der Waals surface area contributed by atoms with Crippen LogP contribution in [-0.2, 0) is 10.0 Å². The van der Waals surface area contributed by atoms with Crippen molar-refractivity contribution < 1.29 is 12.8 Å². The molecule has 106 valence electrons. The third-order valence-corrected chi connectivity index (χ3v) is 5.21. The molecule has 0 bridgehead atoms. The molecule has 1 heterocycles. The summed E-state index contributed by atoms with van der Waals surface area (Å²) in [5.74, 6) is -0.138. The van der Waals surface area contributed by atoms with Gasteiger partial charge in [0.2, 0.25) is 10.0 Å². The van der Waals surface area contributed by atoms with Gasteiger partial charge in [-0.15, -0.1) is 0 Å². The molecule has 2 atom stereocenters. The molecule has 1 saturated heterocycles. The summed E-state index contributed by atoms with van der Waals surface area (Å²) in [6, 6.07) is 3.60. The van der Waals surface area contributed by atoms with E-state index >= 15 is 0 Å². The van der Waals surface area contributed by atoms with Gasteiger partial charge >= 0.3 is 0 Å². The normalized spacial score (nSPS) is 24.4. The monoisotopic (exact) mass is 286 g/mol. The lowest BCUT2D eigenvalue weighted by Crippen LogP contribution is -2.50. The highest BCUT2D eigenvalue weighted by molar-refractivity contribution is 7.89. The van der Waals surface area contributed by atoms with E-state index in [4.69, 9.17) is 0 Å². The van der Waals surface area contributed by atoms with Crippen LogP contribution < -0.4 is 10.0 Å². The third-order valence-electron chi connectivity index (χ3n) is 3.56. The van der Waals surface area contributed by atoms with Crippen molar-refractivity contribution in [2.45, 2.75) is 31.2 Å². The fourth-order valence-electron chi connectivity index (χ4n) is 2.32. The molecule has 1 fully saturated rings. The minimum atomic E-state index is -3.60. The number of benzene rings is 1. The lowest BCUT2D eigenvalue weighted by molar-refractivity contribution is 0.327. The Bertz CT molecular complexity index is 560. The van der Waals surface area contributed by atoms with Crippen LogP contribution in [0, 0.1) is 18.7 Å². The first-order valence-electron chi connectivity index (χ1n) is 6.39. The quantitative estimate of drug-likeness (QED) is 0.883. The van der Waals surface area contributed by atoms with Crippen molar-refractivity contribution in [3.63, 3.8) is 0 Å². The molecule has 1 aromatic carbocycles. The summed E-state index contributed by atoms with van der Waals surface area (Å²) < 4.78 is 40.4. The van der Waals surface area contributed by atoms with Crippen molar-refractivity contribution in [1.82, 2.24) is 10.0 Å². The van der Waals surface area contributed by atoms with Crippen LogP contribution in [0.2, 0.25) is 0 Å². The van der Waals surface area contributed by atoms with Crippen LogP contribution in [0.4, 0.5) is 4.39 Å². The van der Waals surface area contributed by atoms with Crippen LogP contribution in [0.25, 0.3) is 0 Å². The van der Waals surface area contributed by atoms with Gasteiger partial charge in [0, 0.05) is 12.6 Å². The van der Waals surface area contributed by atoms with Gasteiger partial charge < -0.3 is 5.32 Å². The van der Waals surface area contributed by atoms with Crippen molar-refractivity contribution >= 4 is 10.0 Å². The Morgan fingerprint density at radius 1 is 1.42 bits per heavy atom. The Balaban J connectivity index is 2.22. The van der Waals surface area contributed by atoms with Gasteiger partial charge in [-0.25, -0.2) is 17.5 Å². The van der Waals surface area contributed by atoms with Gasteiger partial charge in [0.25, 0.3) is 0 Å². The maximum atomic E-state index is 13.0. The molecule has 1 aliphatic rings. The smallest absolute Gasteiger partial charge is 0.241 e. The Kier molecular flexibility index (Phi) is 4.23. The Labute approximate surface area is 113 Å². The van der Waals surface area contributed by atoms with Gasteiger partial charge in [0.05, 0.1) is 4.90 Å². The van der Waals surface area contributed by atoms with Crippen molar-refractivity contribution in [3.05, 3.63) is 29.6 Å². The summed E-state index contributed by atoms with van der Waals surface area (Å²) in [6.07, 6.45) is 0.940. The van der Waals surface area contributed by atoms with Gasteiger partial charge in [0.1, 0.15) is 5.82 Å². The molecular formula is C13H19FN2O2S. The molecular weight excluding hydrogens is 267 g/mol. The third kappa shape index (κ3) is 3.32. The average Bonchev–Trinajstić information content (AvgIpc) is 2.31. The van der Waals surface area contributed by atoms with E-state index in [1.165, 1.54) is 18.2 Å². The summed E-state index contributed by atoms with van der Waals surface area (Å²) in [7, 11) is -3.60. The topological polar surface area (TPSA) is 58.2 Å². The van der Waals surface area contributed by atoms with E-state index in [1.54, 1.807) is 6.92 Å². The van der Waals surface area contributed by atoms with Gasteiger partial charge in [-0.3, -0.25) is 0 Å². The maximum Gasteiger partial charge on any atom is 0.241 e. The van der Waals surface area contributed by atoms with E-state index in [9.17, 15) is 12.8 Å². The van der Waals surface area contributed by atoms with E-state index in [-0.39, 0.29) is 16.9 Å².